The van der Waals surface area contributed by atoms with E-state index in [1.807, 2.05) is 12.2 Å². The lowest BCUT2D eigenvalue weighted by Gasteiger charge is -2.01. The van der Waals surface area contributed by atoms with E-state index >= 15 is 0 Å². The Morgan fingerprint density at radius 3 is 1.78 bits per heavy atom. The van der Waals surface area contributed by atoms with Gasteiger partial charge in [0, 0.05) is 0 Å². The predicted molar refractivity (Wildman–Crippen MR) is 83.9 cm³/mol. The van der Waals surface area contributed by atoms with Gasteiger partial charge in [0.05, 0.1) is 0 Å². The minimum absolute atomic E-state index is 1.20. The molecule has 0 aliphatic carbocycles. The summed E-state index contributed by atoms with van der Waals surface area (Å²) < 4.78 is 0. The van der Waals surface area contributed by atoms with E-state index in [1.165, 1.54) is 77.0 Å². The van der Waals surface area contributed by atoms with Gasteiger partial charge in [-0.2, -0.15) is 0 Å². The topological polar surface area (TPSA) is 0 Å². The highest BCUT2D eigenvalue weighted by molar-refractivity contribution is 4.99. The molecule has 0 aromatic rings. The van der Waals surface area contributed by atoms with Gasteiger partial charge in [0.15, 0.2) is 0 Å². The largest absolute Gasteiger partial charge is 0.129 e. The third-order valence-corrected chi connectivity index (χ3v) is 3.32. The van der Waals surface area contributed by atoms with E-state index in [-0.39, 0.29) is 0 Å². The van der Waals surface area contributed by atoms with Gasteiger partial charge in [-0.3, -0.25) is 0 Å². The molecule has 0 saturated heterocycles. The molecule has 0 aliphatic rings. The first kappa shape index (κ1) is 17.3. The summed E-state index contributed by atoms with van der Waals surface area (Å²) in [6, 6.07) is 0. The summed E-state index contributed by atoms with van der Waals surface area (Å²) in [6.45, 7) is 5.81. The van der Waals surface area contributed by atoms with Gasteiger partial charge >= 0.3 is 0 Å². The van der Waals surface area contributed by atoms with Gasteiger partial charge in [-0.25, -0.2) is 0 Å². The molecule has 0 spiro atoms. The van der Waals surface area contributed by atoms with E-state index in [1.54, 1.807) is 0 Å². The fourth-order valence-corrected chi connectivity index (χ4v) is 2.16. The maximum absolute atomic E-state index is 3.53. The van der Waals surface area contributed by atoms with Crippen LogP contribution < -0.4 is 0 Å². The molecule has 104 valence electrons. The molecule has 0 heteroatoms. The van der Waals surface area contributed by atoms with Crippen LogP contribution in [0.15, 0.2) is 30.5 Å². The molecule has 0 aromatic heterocycles. The highest BCUT2D eigenvalue weighted by Gasteiger charge is 1.92. The van der Waals surface area contributed by atoms with Gasteiger partial charge in [-0.1, -0.05) is 89.9 Å². The first-order chi connectivity index (χ1) is 8.91. The monoisotopic (exact) mass is 248 g/mol. The maximum Gasteiger partial charge on any atom is -0.0209 e. The molecule has 0 rings (SSSR count). The van der Waals surface area contributed by atoms with Crippen molar-refractivity contribution in [3.63, 3.8) is 0 Å². The molecule has 0 saturated carbocycles. The van der Waals surface area contributed by atoms with Crippen LogP contribution in [0.25, 0.3) is 0 Å². The van der Waals surface area contributed by atoms with Crippen LogP contribution in [0, 0.1) is 0 Å². The molecule has 0 amide bonds. The number of allylic oxidation sites excluding steroid dienone is 3. The van der Waals surface area contributed by atoms with Gasteiger partial charge in [0.1, 0.15) is 0 Å². The van der Waals surface area contributed by atoms with Crippen molar-refractivity contribution < 1.29 is 0 Å². The summed E-state index contributed by atoms with van der Waals surface area (Å²) in [6.07, 6.45) is 22.9. The second-order valence-electron chi connectivity index (χ2n) is 5.12. The Labute approximate surface area is 115 Å². The molecule has 0 aliphatic heterocycles. The first-order valence-electron chi connectivity index (χ1n) is 7.92. The van der Waals surface area contributed by atoms with Crippen LogP contribution >= 0.6 is 0 Å². The van der Waals surface area contributed by atoms with Crippen LogP contribution in [-0.4, -0.2) is 0 Å². The van der Waals surface area contributed by atoms with E-state index < -0.39 is 0 Å². The fourth-order valence-electron chi connectivity index (χ4n) is 2.16. The zero-order chi connectivity index (χ0) is 13.3. The van der Waals surface area contributed by atoms with Crippen LogP contribution in [0.1, 0.15) is 84.0 Å². The van der Waals surface area contributed by atoms with Crippen LogP contribution in [0.3, 0.4) is 0 Å². The summed E-state index contributed by atoms with van der Waals surface area (Å²) in [5.41, 5.74) is 2.75. The maximum atomic E-state index is 3.53. The molecule has 0 N–H and O–H groups in total. The highest BCUT2D eigenvalue weighted by Crippen LogP contribution is 2.11. The summed E-state index contributed by atoms with van der Waals surface area (Å²) in [4.78, 5) is 0. The summed E-state index contributed by atoms with van der Waals surface area (Å²) in [7, 11) is 0. The molecule has 0 nitrogen and oxygen atoms in total. The van der Waals surface area contributed by atoms with Gasteiger partial charge < -0.3 is 0 Å². The molecular formula is C18H32. The number of rotatable bonds is 13. The van der Waals surface area contributed by atoms with Crippen LogP contribution in [-0.2, 0) is 0 Å². The standard InChI is InChI=1S/C18H32/c1-3-5-7-9-11-13-15-17-18-16-14-12-10-8-6-4-2/h5,7,9H,1,4,6,8,10-18H2,2H3/b9-7+. The Balaban J connectivity index is 3.00. The minimum Gasteiger partial charge on any atom is -0.129 e. The van der Waals surface area contributed by atoms with Gasteiger partial charge in [0.2, 0.25) is 0 Å². The molecule has 0 heterocycles. The lowest BCUT2D eigenvalue weighted by molar-refractivity contribution is 0.550. The first-order valence-corrected chi connectivity index (χ1v) is 7.92. The van der Waals surface area contributed by atoms with Crippen molar-refractivity contribution in [2.24, 2.45) is 0 Å². The predicted octanol–water partition coefficient (Wildman–Crippen LogP) is 6.58. The van der Waals surface area contributed by atoms with Crippen LogP contribution in [0.4, 0.5) is 0 Å². The van der Waals surface area contributed by atoms with Crippen LogP contribution in [0.2, 0.25) is 0 Å². The second kappa shape index (κ2) is 16.3. The minimum atomic E-state index is 1.20. The average molecular weight is 248 g/mol. The molecular weight excluding hydrogens is 216 g/mol. The molecule has 0 bridgehead atoms. The Bertz CT molecular complexity index is 218. The average Bonchev–Trinajstić information content (AvgIpc) is 2.39. The normalized spacial score (nSPS) is 10.7. The van der Waals surface area contributed by atoms with Crippen molar-refractivity contribution in [1.29, 1.82) is 0 Å². The zero-order valence-electron chi connectivity index (χ0n) is 12.4. The van der Waals surface area contributed by atoms with E-state index in [0.717, 1.165) is 0 Å². The summed E-state index contributed by atoms with van der Waals surface area (Å²) >= 11 is 0. The second-order valence-corrected chi connectivity index (χ2v) is 5.12. The summed E-state index contributed by atoms with van der Waals surface area (Å²) in [5.74, 6) is 0. The van der Waals surface area contributed by atoms with E-state index in [4.69, 9.17) is 0 Å². The lowest BCUT2D eigenvalue weighted by atomic mass is 10.1. The molecule has 18 heavy (non-hydrogen) atoms. The van der Waals surface area contributed by atoms with Crippen molar-refractivity contribution in [2.75, 3.05) is 0 Å². The SMILES string of the molecule is C=C=C/C=C/CCCCCCCCCCCCC. The van der Waals surface area contributed by atoms with Gasteiger partial charge in [-0.05, 0) is 18.9 Å². The smallest absolute Gasteiger partial charge is 0.0209 e. The lowest BCUT2D eigenvalue weighted by Crippen LogP contribution is -1.81. The summed E-state index contributed by atoms with van der Waals surface area (Å²) in [5, 5.41) is 0. The Kier molecular flexibility index (Phi) is 15.6. The van der Waals surface area contributed by atoms with Crippen molar-refractivity contribution in [1.82, 2.24) is 0 Å². The molecule has 0 fully saturated rings. The number of hydrogen-bond acceptors (Lipinski definition) is 0. The third-order valence-electron chi connectivity index (χ3n) is 3.32. The third kappa shape index (κ3) is 15.3. The Morgan fingerprint density at radius 2 is 1.28 bits per heavy atom. The van der Waals surface area contributed by atoms with Crippen molar-refractivity contribution in [3.05, 3.63) is 30.5 Å². The Hall–Kier alpha value is -0.740. The Morgan fingerprint density at radius 1 is 0.778 bits per heavy atom. The van der Waals surface area contributed by atoms with Gasteiger partial charge in [-0.15, -0.1) is 5.73 Å². The molecule has 0 unspecified atom stereocenters. The fraction of sp³-hybridized carbons (Fsp3) is 0.722. The van der Waals surface area contributed by atoms with E-state index in [9.17, 15) is 0 Å². The highest BCUT2D eigenvalue weighted by atomic mass is 14.0. The molecule has 0 radical (unpaired) electrons. The molecule has 0 atom stereocenters. The van der Waals surface area contributed by atoms with E-state index in [0.29, 0.717) is 0 Å². The zero-order valence-corrected chi connectivity index (χ0v) is 12.4. The van der Waals surface area contributed by atoms with Crippen LogP contribution in [0.5, 0.6) is 0 Å². The molecule has 0 aromatic carbocycles. The quantitative estimate of drug-likeness (QED) is 0.196. The van der Waals surface area contributed by atoms with Crippen molar-refractivity contribution in [3.8, 4) is 0 Å². The van der Waals surface area contributed by atoms with Gasteiger partial charge in [0.25, 0.3) is 0 Å². The van der Waals surface area contributed by atoms with E-state index in [2.05, 4.69) is 25.3 Å². The number of unbranched alkanes of at least 4 members (excludes halogenated alkanes) is 11. The van der Waals surface area contributed by atoms with Crippen molar-refractivity contribution >= 4 is 0 Å². The number of hydrogen-bond donors (Lipinski definition) is 0. The van der Waals surface area contributed by atoms with Crippen molar-refractivity contribution in [2.45, 2.75) is 84.0 Å².